The van der Waals surface area contributed by atoms with Crippen LogP contribution in [-0.2, 0) is 11.2 Å². The summed E-state index contributed by atoms with van der Waals surface area (Å²) in [5, 5.41) is 9.73. The summed E-state index contributed by atoms with van der Waals surface area (Å²) in [4.78, 5) is 14.8. The molecule has 3 aromatic carbocycles. The van der Waals surface area contributed by atoms with Gasteiger partial charge in [0.15, 0.2) is 23.0 Å². The number of carbonyl (C=O) groups excluding carboxylic acids is 1. The molecule has 0 atom stereocenters. The van der Waals surface area contributed by atoms with E-state index in [1.165, 1.54) is 0 Å². The number of nitrogens with zero attached hydrogens (tertiary/aromatic N) is 2. The van der Waals surface area contributed by atoms with Gasteiger partial charge >= 0.3 is 0 Å². The van der Waals surface area contributed by atoms with Crippen molar-refractivity contribution < 1.29 is 23.7 Å². The van der Waals surface area contributed by atoms with Crippen LogP contribution < -0.4 is 23.8 Å². The summed E-state index contributed by atoms with van der Waals surface area (Å²) in [5.41, 5.74) is 2.73. The number of methoxy groups -OCH3 is 1. The topological polar surface area (TPSA) is 81.0 Å². The first kappa shape index (κ1) is 25.6. The molecule has 1 aliphatic rings. The van der Waals surface area contributed by atoms with Gasteiger partial charge in [0.05, 0.1) is 26.9 Å². The fraction of sp³-hybridized carbons (Fsp3) is 0.267. The fourth-order valence-corrected chi connectivity index (χ4v) is 4.17. The maximum Gasteiger partial charge on any atom is 0.268 e. The summed E-state index contributed by atoms with van der Waals surface area (Å²) < 4.78 is 22.8. The van der Waals surface area contributed by atoms with Crippen LogP contribution in [0.25, 0.3) is 6.08 Å². The molecule has 0 radical (unpaired) electrons. The van der Waals surface area contributed by atoms with Crippen LogP contribution in [0.2, 0.25) is 0 Å². The molecule has 4 rings (SSSR count). The summed E-state index contributed by atoms with van der Waals surface area (Å²) in [6.45, 7) is 3.81. The quantitative estimate of drug-likeness (QED) is 0.199. The van der Waals surface area contributed by atoms with Gasteiger partial charge in [-0.25, -0.2) is 0 Å². The first-order valence-electron chi connectivity index (χ1n) is 12.3. The van der Waals surface area contributed by atoms with Crippen molar-refractivity contribution in [3.8, 4) is 29.1 Å². The Kier molecular flexibility index (Phi) is 8.66. The lowest BCUT2D eigenvalue weighted by atomic mass is 10.1. The van der Waals surface area contributed by atoms with Gasteiger partial charge < -0.3 is 23.8 Å². The maximum atomic E-state index is 13.1. The number of rotatable bonds is 11. The van der Waals surface area contributed by atoms with E-state index >= 15 is 0 Å². The largest absolute Gasteiger partial charge is 0.493 e. The van der Waals surface area contributed by atoms with Crippen molar-refractivity contribution in [2.45, 2.75) is 19.8 Å². The van der Waals surface area contributed by atoms with Crippen LogP contribution in [0.3, 0.4) is 0 Å². The Hall–Kier alpha value is -4.44. The van der Waals surface area contributed by atoms with E-state index in [1.54, 1.807) is 30.2 Å². The molecule has 1 amide bonds. The number of benzene rings is 3. The van der Waals surface area contributed by atoms with Gasteiger partial charge in [-0.15, -0.1) is 0 Å². The second-order valence-corrected chi connectivity index (χ2v) is 8.35. The molecule has 37 heavy (non-hydrogen) atoms. The molecule has 0 saturated carbocycles. The predicted octanol–water partition coefficient (Wildman–Crippen LogP) is 5.44. The second kappa shape index (κ2) is 12.5. The molecule has 190 valence electrons. The molecule has 0 aliphatic carbocycles. The van der Waals surface area contributed by atoms with Gasteiger partial charge in [0.2, 0.25) is 0 Å². The zero-order chi connectivity index (χ0) is 26.0. The van der Waals surface area contributed by atoms with Gasteiger partial charge in [-0.2, -0.15) is 5.26 Å². The Morgan fingerprint density at radius 1 is 0.946 bits per heavy atom. The fourth-order valence-electron chi connectivity index (χ4n) is 4.17. The van der Waals surface area contributed by atoms with Crippen LogP contribution in [-0.4, -0.2) is 39.4 Å². The van der Waals surface area contributed by atoms with Crippen molar-refractivity contribution in [1.82, 2.24) is 0 Å². The number of ether oxygens (including phenoxy) is 4. The number of anilines is 1. The molecular formula is C30H30N2O5. The van der Waals surface area contributed by atoms with Crippen LogP contribution in [0.5, 0.6) is 23.0 Å². The van der Waals surface area contributed by atoms with Gasteiger partial charge in [0.25, 0.3) is 5.91 Å². The molecule has 7 heteroatoms. The zero-order valence-electron chi connectivity index (χ0n) is 21.1. The van der Waals surface area contributed by atoms with Crippen LogP contribution in [0.4, 0.5) is 5.69 Å². The van der Waals surface area contributed by atoms with Gasteiger partial charge in [-0.1, -0.05) is 36.4 Å². The second-order valence-electron chi connectivity index (χ2n) is 8.35. The molecule has 0 bridgehead atoms. The van der Waals surface area contributed by atoms with Crippen molar-refractivity contribution in [1.29, 1.82) is 5.26 Å². The first-order chi connectivity index (χ1) is 18.1. The van der Waals surface area contributed by atoms with Gasteiger partial charge in [0, 0.05) is 18.7 Å². The van der Waals surface area contributed by atoms with Crippen LogP contribution in [0.1, 0.15) is 24.5 Å². The number of amides is 1. The average molecular weight is 499 g/mol. The Morgan fingerprint density at radius 2 is 1.65 bits per heavy atom. The van der Waals surface area contributed by atoms with Crippen molar-refractivity contribution >= 4 is 17.7 Å². The van der Waals surface area contributed by atoms with E-state index in [9.17, 15) is 10.1 Å². The highest BCUT2D eigenvalue weighted by Gasteiger charge is 2.26. The molecule has 1 aliphatic heterocycles. The van der Waals surface area contributed by atoms with Crippen LogP contribution in [0.15, 0.2) is 72.3 Å². The molecule has 7 nitrogen and oxygen atoms in total. The number of fused-ring (bicyclic) bond motifs is 1. The normalized spacial score (nSPS) is 12.5. The number of nitriles is 1. The van der Waals surface area contributed by atoms with E-state index in [0.717, 1.165) is 17.7 Å². The van der Waals surface area contributed by atoms with Crippen LogP contribution in [0, 0.1) is 11.3 Å². The monoisotopic (exact) mass is 498 g/mol. The predicted molar refractivity (Wildman–Crippen MR) is 142 cm³/mol. The van der Waals surface area contributed by atoms with E-state index in [-0.39, 0.29) is 11.5 Å². The highest BCUT2D eigenvalue weighted by Crippen LogP contribution is 2.32. The number of para-hydroxylation sites is 3. The summed E-state index contributed by atoms with van der Waals surface area (Å²) >= 11 is 0. The number of carbonyl (C=O) groups is 1. The molecule has 0 N–H and O–H groups in total. The Morgan fingerprint density at radius 3 is 2.38 bits per heavy atom. The summed E-state index contributed by atoms with van der Waals surface area (Å²) in [6, 6.07) is 22.7. The molecule has 1 heterocycles. The Balaban J connectivity index is 1.40. The Bertz CT molecular complexity index is 1310. The molecule has 0 spiro atoms. The zero-order valence-corrected chi connectivity index (χ0v) is 21.1. The molecule has 3 aromatic rings. The third-order valence-electron chi connectivity index (χ3n) is 5.93. The lowest BCUT2D eigenvalue weighted by molar-refractivity contribution is -0.114. The maximum absolute atomic E-state index is 13.1. The molecule has 0 aromatic heterocycles. The molecular weight excluding hydrogens is 468 g/mol. The van der Waals surface area contributed by atoms with E-state index in [2.05, 4.69) is 6.07 Å². The van der Waals surface area contributed by atoms with Crippen molar-refractivity contribution in [3.63, 3.8) is 0 Å². The highest BCUT2D eigenvalue weighted by molar-refractivity contribution is 6.12. The van der Waals surface area contributed by atoms with Gasteiger partial charge in [0.1, 0.15) is 11.6 Å². The third-order valence-corrected chi connectivity index (χ3v) is 5.93. The lowest BCUT2D eigenvalue weighted by Gasteiger charge is -2.17. The van der Waals surface area contributed by atoms with Gasteiger partial charge in [-0.05, 0) is 60.9 Å². The first-order valence-corrected chi connectivity index (χ1v) is 12.3. The molecule has 0 saturated heterocycles. The number of hydrogen-bond acceptors (Lipinski definition) is 6. The summed E-state index contributed by atoms with van der Waals surface area (Å²) in [6.07, 6.45) is 3.04. The minimum Gasteiger partial charge on any atom is -0.493 e. The smallest absolute Gasteiger partial charge is 0.268 e. The molecule has 0 fully saturated rings. The van der Waals surface area contributed by atoms with E-state index in [4.69, 9.17) is 18.9 Å². The Labute approximate surface area is 217 Å². The van der Waals surface area contributed by atoms with E-state index < -0.39 is 0 Å². The summed E-state index contributed by atoms with van der Waals surface area (Å²) in [5.74, 6) is 2.22. The van der Waals surface area contributed by atoms with E-state index in [1.807, 2.05) is 61.5 Å². The third kappa shape index (κ3) is 6.22. The van der Waals surface area contributed by atoms with Gasteiger partial charge in [-0.3, -0.25) is 4.79 Å². The van der Waals surface area contributed by atoms with Crippen LogP contribution >= 0.6 is 0 Å². The summed E-state index contributed by atoms with van der Waals surface area (Å²) in [7, 11) is 1.61. The minimum atomic E-state index is -0.305. The van der Waals surface area contributed by atoms with Crippen molar-refractivity contribution in [3.05, 3.63) is 83.4 Å². The van der Waals surface area contributed by atoms with Crippen molar-refractivity contribution in [2.75, 3.05) is 38.4 Å². The van der Waals surface area contributed by atoms with Crippen molar-refractivity contribution in [2.24, 2.45) is 0 Å². The SMILES string of the molecule is CCOc1cc(C=C(C#N)C(=O)N2CCc3ccccc32)ccc1OCCCOc1ccccc1OC. The highest BCUT2D eigenvalue weighted by atomic mass is 16.5. The number of hydrogen-bond donors (Lipinski definition) is 0. The molecule has 0 unspecified atom stereocenters. The average Bonchev–Trinajstić information content (AvgIpc) is 3.37. The standard InChI is InChI=1S/C30H30N2O5/c1-3-35-29-20-22(19-24(21-31)30(33)32-16-15-23-9-4-5-10-25(23)32)13-14-28(29)37-18-8-17-36-27-12-7-6-11-26(27)34-2/h4-7,9-14,19-20H,3,8,15-18H2,1-2H3. The lowest BCUT2D eigenvalue weighted by Crippen LogP contribution is -2.29. The minimum absolute atomic E-state index is 0.0707. The van der Waals surface area contributed by atoms with E-state index in [0.29, 0.717) is 61.3 Å².